The van der Waals surface area contributed by atoms with Crippen LogP contribution >= 0.6 is 0 Å². The van der Waals surface area contributed by atoms with E-state index in [4.69, 9.17) is 85.3 Å². The van der Waals surface area contributed by atoms with E-state index in [-0.39, 0.29) is 65.3 Å². The minimum Gasteiger partial charge on any atom is -0.331 e. The van der Waals surface area contributed by atoms with Crippen molar-refractivity contribution in [1.29, 1.82) is 0 Å². The third-order valence-corrected chi connectivity index (χ3v) is 12.5. The third kappa shape index (κ3) is 18.1. The van der Waals surface area contributed by atoms with Gasteiger partial charge in [0.25, 0.3) is 35.8 Å². The van der Waals surface area contributed by atoms with E-state index in [1.165, 1.54) is 42.7 Å². The molecule has 0 aliphatic carbocycles. The van der Waals surface area contributed by atoms with Crippen LogP contribution in [-0.4, -0.2) is 147 Å². The molecule has 19 heteroatoms. The molecule has 0 rings (SSSR count). The van der Waals surface area contributed by atoms with Crippen molar-refractivity contribution in [3.05, 3.63) is 0 Å². The lowest BCUT2D eigenvalue weighted by Gasteiger charge is -2.59. The SMILES string of the molecule is CCCCCCC(OC(C)(OC)OCC)(OC(C)(OC)OCC)C(CC)(OC(C)(OC)OCC)C(=O)C(CC)(OC(C)(OC)OCC)C(CCCCCC)(OC(C)(OC)OCC)OC(C)(OC)OCC. The number of ketones is 1. The van der Waals surface area contributed by atoms with E-state index >= 15 is 4.79 Å². The summed E-state index contributed by atoms with van der Waals surface area (Å²) in [5, 5.41) is 0. The molecule has 0 aliphatic rings. The predicted octanol–water partition coefficient (Wildman–Crippen LogP) is 10.4. The Balaban J connectivity index is 10.5. The van der Waals surface area contributed by atoms with E-state index < -0.39 is 64.4 Å². The number of unbranched alkanes of at least 4 members (excludes halogenated alkanes) is 6. The molecule has 8 atom stereocenters. The minimum atomic E-state index is -2.52. The first kappa shape index (κ1) is 69.0. The van der Waals surface area contributed by atoms with Gasteiger partial charge in [-0.15, -0.1) is 0 Å². The van der Waals surface area contributed by atoms with Crippen LogP contribution in [0.25, 0.3) is 0 Å². The molecule has 0 aromatic carbocycles. The van der Waals surface area contributed by atoms with Crippen molar-refractivity contribution in [3.8, 4) is 0 Å². The fraction of sp³-hybridized carbons (Fsp3) is 0.980. The normalized spacial score (nSPS) is 21.1. The van der Waals surface area contributed by atoms with Gasteiger partial charge in [0.05, 0.1) is 0 Å². The van der Waals surface area contributed by atoms with Gasteiger partial charge in [-0.2, -0.15) is 0 Å². The third-order valence-electron chi connectivity index (χ3n) is 12.5. The van der Waals surface area contributed by atoms with Crippen molar-refractivity contribution in [2.75, 3.05) is 82.3 Å². The summed E-state index contributed by atoms with van der Waals surface area (Å²) in [6.45, 7) is 28.2. The molecule has 420 valence electrons. The van der Waals surface area contributed by atoms with Crippen molar-refractivity contribution in [3.63, 3.8) is 0 Å². The number of ether oxygens (including phenoxy) is 18. The molecule has 8 unspecified atom stereocenters. The van der Waals surface area contributed by atoms with Gasteiger partial charge in [0, 0.05) is 137 Å². The second-order valence-electron chi connectivity index (χ2n) is 17.4. The molecular formula is C51H102O19. The fourth-order valence-corrected chi connectivity index (χ4v) is 8.66. The van der Waals surface area contributed by atoms with Crippen molar-refractivity contribution in [1.82, 2.24) is 0 Å². The van der Waals surface area contributed by atoms with Gasteiger partial charge in [0.15, 0.2) is 11.2 Å². The highest BCUT2D eigenvalue weighted by Gasteiger charge is 2.76. The molecule has 0 bridgehead atoms. The Morgan fingerprint density at radius 2 is 0.529 bits per heavy atom. The van der Waals surface area contributed by atoms with Gasteiger partial charge >= 0.3 is 0 Å². The summed E-state index contributed by atoms with van der Waals surface area (Å²) in [6.07, 6.45) is 4.82. The predicted molar refractivity (Wildman–Crippen MR) is 263 cm³/mol. The molecule has 0 amide bonds. The smallest absolute Gasteiger partial charge is 0.282 e. The fourth-order valence-electron chi connectivity index (χ4n) is 8.66. The van der Waals surface area contributed by atoms with Crippen LogP contribution in [-0.2, 0) is 90.1 Å². The van der Waals surface area contributed by atoms with Gasteiger partial charge in [-0.05, 0) is 67.2 Å². The van der Waals surface area contributed by atoms with E-state index in [1.807, 2.05) is 0 Å². The zero-order valence-electron chi connectivity index (χ0n) is 48.0. The molecule has 70 heavy (non-hydrogen) atoms. The first-order chi connectivity index (χ1) is 32.9. The van der Waals surface area contributed by atoms with E-state index in [1.54, 1.807) is 96.9 Å². The lowest BCUT2D eigenvalue weighted by molar-refractivity contribution is -0.540. The molecule has 0 aliphatic heterocycles. The number of rotatable bonds is 46. The van der Waals surface area contributed by atoms with Crippen molar-refractivity contribution < 1.29 is 90.1 Å². The molecule has 19 nitrogen and oxygen atoms in total. The summed E-state index contributed by atoms with van der Waals surface area (Å²) in [6, 6.07) is 0. The second-order valence-corrected chi connectivity index (χ2v) is 17.4. The maximum absolute atomic E-state index is 18.0. The molecule has 0 saturated heterocycles. The van der Waals surface area contributed by atoms with Gasteiger partial charge in [-0.1, -0.05) is 66.2 Å². The highest BCUT2D eigenvalue weighted by atomic mass is 17.0. The van der Waals surface area contributed by atoms with Gasteiger partial charge in [-0.25, -0.2) is 0 Å². The van der Waals surface area contributed by atoms with Crippen molar-refractivity contribution in [2.24, 2.45) is 0 Å². The molecule has 0 aromatic rings. The maximum Gasteiger partial charge on any atom is 0.282 e. The number of hydrogen-bond acceptors (Lipinski definition) is 19. The number of carbonyl (C=O) groups is 1. The van der Waals surface area contributed by atoms with Gasteiger partial charge in [0.2, 0.25) is 17.4 Å². The summed E-state index contributed by atoms with van der Waals surface area (Å²) in [5.74, 6) is -17.5. The summed E-state index contributed by atoms with van der Waals surface area (Å²) < 4.78 is 118. The zero-order chi connectivity index (χ0) is 54.0. The lowest BCUT2D eigenvalue weighted by atomic mass is 9.69. The topological polar surface area (TPSA) is 183 Å². The summed E-state index contributed by atoms with van der Waals surface area (Å²) in [7, 11) is 8.45. The van der Waals surface area contributed by atoms with Crippen LogP contribution in [0.1, 0.15) is 188 Å². The Kier molecular flexibility index (Phi) is 31.3. The lowest BCUT2D eigenvalue weighted by Crippen LogP contribution is -2.79. The molecule has 0 N–H and O–H groups in total. The molecule has 0 radical (unpaired) electrons. The summed E-state index contributed by atoms with van der Waals surface area (Å²) in [4.78, 5) is 18.0. The van der Waals surface area contributed by atoms with E-state index in [0.717, 1.165) is 25.7 Å². The Bertz CT molecular complexity index is 1270. The molecule has 0 saturated carbocycles. The summed E-state index contributed by atoms with van der Waals surface area (Å²) in [5.41, 5.74) is -5.04. The average molecular weight is 1020 g/mol. The van der Waals surface area contributed by atoms with Crippen LogP contribution < -0.4 is 0 Å². The maximum atomic E-state index is 18.0. The number of hydrogen-bond donors (Lipinski definition) is 0. The molecule has 0 heterocycles. The zero-order valence-corrected chi connectivity index (χ0v) is 48.0. The van der Waals surface area contributed by atoms with Crippen LogP contribution in [0.5, 0.6) is 0 Å². The van der Waals surface area contributed by atoms with Crippen molar-refractivity contribution >= 4 is 5.78 Å². The highest BCUT2D eigenvalue weighted by Crippen LogP contribution is 2.55. The monoisotopic (exact) mass is 1020 g/mol. The largest absolute Gasteiger partial charge is 0.331 e. The Morgan fingerprint density at radius 1 is 0.314 bits per heavy atom. The Labute approximate surface area is 423 Å². The van der Waals surface area contributed by atoms with Crippen LogP contribution in [0.4, 0.5) is 0 Å². The molecule has 0 aromatic heterocycles. The Morgan fingerprint density at radius 3 is 0.700 bits per heavy atom. The second kappa shape index (κ2) is 31.7. The quantitative estimate of drug-likeness (QED) is 0.0414. The molecular weight excluding hydrogens is 917 g/mol. The van der Waals surface area contributed by atoms with E-state index in [0.29, 0.717) is 25.7 Å². The van der Waals surface area contributed by atoms with Crippen LogP contribution in [0.2, 0.25) is 0 Å². The number of carbonyl (C=O) groups excluding carboxylic acids is 1. The Hall–Kier alpha value is -1.05. The van der Waals surface area contributed by atoms with Crippen LogP contribution in [0.3, 0.4) is 0 Å². The van der Waals surface area contributed by atoms with Crippen molar-refractivity contribution in [2.45, 2.75) is 246 Å². The van der Waals surface area contributed by atoms with E-state index in [2.05, 4.69) is 13.8 Å². The van der Waals surface area contributed by atoms with Gasteiger partial charge in [-0.3, -0.25) is 23.7 Å². The highest BCUT2D eigenvalue weighted by molar-refractivity contribution is 5.97. The van der Waals surface area contributed by atoms with Crippen LogP contribution in [0, 0.1) is 0 Å². The summed E-state index contributed by atoms with van der Waals surface area (Å²) >= 11 is 0. The molecule has 0 fully saturated rings. The van der Waals surface area contributed by atoms with Gasteiger partial charge < -0.3 is 66.3 Å². The standard InChI is InChI=1S/C51H102O19/c1-23-33-35-37-39-50(67-44(13,55-19)61-29-7,68-45(14,56-20)62-30-8)48(25-3,65-42(11,53-17)59-27-5)41(52)49(26-4,66-43(12,54-18)60-28-6)51(40-38-36-34-24-2,69-46(15,57-21)63-31-9)70-47(16,58-22)64-32-10/h23-40H2,1-22H3. The first-order valence-corrected chi connectivity index (χ1v) is 25.8. The number of Topliss-reactive ketones (excluding diaryl/α,β-unsaturated/α-hetero) is 1. The van der Waals surface area contributed by atoms with Gasteiger partial charge in [0.1, 0.15) is 0 Å². The first-order valence-electron chi connectivity index (χ1n) is 25.8. The molecule has 0 spiro atoms. The van der Waals surface area contributed by atoms with Crippen LogP contribution in [0.15, 0.2) is 0 Å². The average Bonchev–Trinajstić information content (AvgIpc) is 3.32. The number of methoxy groups -OCH3 is 6. The minimum absolute atomic E-state index is 0.0726. The van der Waals surface area contributed by atoms with E-state index in [9.17, 15) is 0 Å².